The first-order valence-corrected chi connectivity index (χ1v) is 11.0. The lowest BCUT2D eigenvalue weighted by Gasteiger charge is -2.41. The molecule has 0 aromatic heterocycles. The molecule has 0 heterocycles. The average molecular weight is 342 g/mol. The third-order valence-corrected chi connectivity index (χ3v) is 5.17. The van der Waals surface area contributed by atoms with Gasteiger partial charge in [-0.1, -0.05) is 78.6 Å². The van der Waals surface area contributed by atoms with Crippen LogP contribution in [0.1, 0.15) is 104 Å². The van der Waals surface area contributed by atoms with Gasteiger partial charge in [-0.05, 0) is 19.3 Å². The van der Waals surface area contributed by atoms with Gasteiger partial charge in [0, 0.05) is 19.5 Å². The summed E-state index contributed by atoms with van der Waals surface area (Å²) in [6.45, 7) is 9.51. The van der Waals surface area contributed by atoms with Gasteiger partial charge in [0.2, 0.25) is 0 Å². The Balaban J connectivity index is 3.92. The van der Waals surface area contributed by atoms with E-state index in [4.69, 9.17) is 0 Å². The molecule has 0 aliphatic carbocycles. The normalized spacial score (nSPS) is 13.6. The Labute approximate surface area is 154 Å². The van der Waals surface area contributed by atoms with Gasteiger partial charge < -0.3 is 4.48 Å². The van der Waals surface area contributed by atoms with E-state index in [1.807, 2.05) is 0 Å². The Kier molecular flexibility index (Phi) is 15.1. The molecule has 0 aromatic rings. The second-order valence-electron chi connectivity index (χ2n) is 8.60. The largest absolute Gasteiger partial charge is 0.316 e. The van der Waals surface area contributed by atoms with Crippen LogP contribution >= 0.6 is 0 Å². The minimum Gasteiger partial charge on any atom is -0.316 e. The molecule has 0 saturated carbocycles. The van der Waals surface area contributed by atoms with Crippen molar-refractivity contribution in [2.75, 3.05) is 34.2 Å². The van der Waals surface area contributed by atoms with Crippen molar-refractivity contribution in [2.45, 2.75) is 110 Å². The summed E-state index contributed by atoms with van der Waals surface area (Å²) < 4.78 is 1.08. The van der Waals surface area contributed by atoms with Crippen molar-refractivity contribution >= 4 is 0 Å². The highest BCUT2D eigenvalue weighted by molar-refractivity contribution is 4.64. The molecule has 0 aliphatic heterocycles. The fourth-order valence-electron chi connectivity index (χ4n) is 3.82. The summed E-state index contributed by atoms with van der Waals surface area (Å²) in [5, 5.41) is 0. The highest BCUT2D eigenvalue weighted by Crippen LogP contribution is 2.17. The minimum atomic E-state index is 0.688. The van der Waals surface area contributed by atoms with Crippen molar-refractivity contribution in [3.05, 3.63) is 0 Å². The van der Waals surface area contributed by atoms with Crippen molar-refractivity contribution in [3.63, 3.8) is 0 Å². The van der Waals surface area contributed by atoms with Crippen LogP contribution in [0.15, 0.2) is 0 Å². The summed E-state index contributed by atoms with van der Waals surface area (Å²) in [5.41, 5.74) is 0. The maximum absolute atomic E-state index is 2.77. The number of quaternary nitrogens is 1. The molecule has 0 amide bonds. The summed E-state index contributed by atoms with van der Waals surface area (Å²) in [4.78, 5) is 2.77. The molecule has 0 aromatic carbocycles. The molecule has 0 rings (SSSR count). The third kappa shape index (κ3) is 12.3. The van der Waals surface area contributed by atoms with Gasteiger partial charge in [-0.2, -0.15) is 0 Å². The zero-order valence-corrected chi connectivity index (χ0v) is 18.1. The van der Waals surface area contributed by atoms with Crippen molar-refractivity contribution in [2.24, 2.45) is 0 Å². The molecule has 1 atom stereocenters. The van der Waals surface area contributed by atoms with Gasteiger partial charge in [0.15, 0.2) is 0 Å². The van der Waals surface area contributed by atoms with Crippen LogP contribution in [0.3, 0.4) is 0 Å². The van der Waals surface area contributed by atoms with Crippen LogP contribution in [0.5, 0.6) is 0 Å². The second kappa shape index (κ2) is 15.2. The Morgan fingerprint density at radius 1 is 0.583 bits per heavy atom. The quantitative estimate of drug-likeness (QED) is 0.167. The van der Waals surface area contributed by atoms with Gasteiger partial charge in [0.05, 0.1) is 21.1 Å². The van der Waals surface area contributed by atoms with E-state index in [0.29, 0.717) is 6.17 Å². The maximum atomic E-state index is 2.77. The maximum Gasteiger partial charge on any atom is 0.144 e. The van der Waals surface area contributed by atoms with Crippen LogP contribution in [0.25, 0.3) is 0 Å². The SMILES string of the molecule is CCCCCCCCCCCCN(CCC)C(CCC)[N+](C)(C)C. The first-order chi connectivity index (χ1) is 11.5. The number of unbranched alkanes of at least 4 members (excludes halogenated alkanes) is 9. The lowest BCUT2D eigenvalue weighted by Crippen LogP contribution is -2.55. The average Bonchev–Trinajstić information content (AvgIpc) is 2.52. The molecule has 146 valence electrons. The molecule has 0 N–H and O–H groups in total. The third-order valence-electron chi connectivity index (χ3n) is 5.17. The first-order valence-electron chi connectivity index (χ1n) is 11.0. The minimum absolute atomic E-state index is 0.688. The lowest BCUT2D eigenvalue weighted by molar-refractivity contribution is -0.909. The molecule has 1 unspecified atom stereocenters. The van der Waals surface area contributed by atoms with Crippen LogP contribution in [-0.2, 0) is 0 Å². The summed E-state index contributed by atoms with van der Waals surface area (Å²) in [7, 11) is 7.09. The van der Waals surface area contributed by atoms with Crippen LogP contribution in [0.4, 0.5) is 0 Å². The molecule has 0 radical (unpaired) electrons. The van der Waals surface area contributed by atoms with E-state index in [9.17, 15) is 0 Å². The fourth-order valence-corrected chi connectivity index (χ4v) is 3.82. The van der Waals surface area contributed by atoms with Crippen molar-refractivity contribution in [1.29, 1.82) is 0 Å². The van der Waals surface area contributed by atoms with Crippen molar-refractivity contribution in [1.82, 2.24) is 4.90 Å². The molecule has 2 heteroatoms. The first kappa shape index (κ1) is 23.9. The predicted octanol–water partition coefficient (Wildman–Crippen LogP) is 6.45. The van der Waals surface area contributed by atoms with E-state index in [-0.39, 0.29) is 0 Å². The fraction of sp³-hybridized carbons (Fsp3) is 1.00. The highest BCUT2D eigenvalue weighted by atomic mass is 15.4. The molecule has 0 fully saturated rings. The van der Waals surface area contributed by atoms with Gasteiger partial charge in [0.25, 0.3) is 0 Å². The zero-order chi connectivity index (χ0) is 18.3. The highest BCUT2D eigenvalue weighted by Gasteiger charge is 2.28. The Bertz CT molecular complexity index is 257. The Hall–Kier alpha value is -0.0800. The van der Waals surface area contributed by atoms with Crippen LogP contribution in [0, 0.1) is 0 Å². The molecule has 0 spiro atoms. The van der Waals surface area contributed by atoms with Crippen LogP contribution in [0.2, 0.25) is 0 Å². The van der Waals surface area contributed by atoms with E-state index < -0.39 is 0 Å². The molecule has 24 heavy (non-hydrogen) atoms. The summed E-state index contributed by atoms with van der Waals surface area (Å²) in [6.07, 6.45) is 18.9. The molecular weight excluding hydrogens is 292 g/mol. The second-order valence-corrected chi connectivity index (χ2v) is 8.60. The van der Waals surface area contributed by atoms with Gasteiger partial charge in [-0.25, -0.2) is 0 Å². The van der Waals surface area contributed by atoms with Crippen LogP contribution < -0.4 is 0 Å². The molecule has 2 nitrogen and oxygen atoms in total. The summed E-state index contributed by atoms with van der Waals surface area (Å²) >= 11 is 0. The summed E-state index contributed by atoms with van der Waals surface area (Å²) in [5.74, 6) is 0. The van der Waals surface area contributed by atoms with E-state index in [2.05, 4.69) is 46.8 Å². The van der Waals surface area contributed by atoms with E-state index >= 15 is 0 Å². The summed E-state index contributed by atoms with van der Waals surface area (Å²) in [6, 6.07) is 0. The molecule has 0 bridgehead atoms. The van der Waals surface area contributed by atoms with E-state index in [0.717, 1.165) is 4.48 Å². The van der Waals surface area contributed by atoms with Gasteiger partial charge >= 0.3 is 0 Å². The topological polar surface area (TPSA) is 3.24 Å². The van der Waals surface area contributed by atoms with Crippen LogP contribution in [-0.4, -0.2) is 49.8 Å². The molecule has 0 aliphatic rings. The van der Waals surface area contributed by atoms with Gasteiger partial charge in [-0.15, -0.1) is 0 Å². The van der Waals surface area contributed by atoms with E-state index in [1.54, 1.807) is 0 Å². The Morgan fingerprint density at radius 3 is 1.50 bits per heavy atom. The van der Waals surface area contributed by atoms with Crippen molar-refractivity contribution < 1.29 is 4.48 Å². The monoisotopic (exact) mass is 341 g/mol. The number of hydrogen-bond acceptors (Lipinski definition) is 1. The Morgan fingerprint density at radius 2 is 1.08 bits per heavy atom. The van der Waals surface area contributed by atoms with Crippen molar-refractivity contribution in [3.8, 4) is 0 Å². The predicted molar refractivity (Wildman–Crippen MR) is 110 cm³/mol. The number of nitrogens with zero attached hydrogens (tertiary/aromatic N) is 2. The standard InChI is InChI=1S/C22H49N2/c1-7-10-11-12-13-14-15-16-17-18-21-23(20-9-3)22(19-8-2)24(4,5)6/h22H,7-21H2,1-6H3/q+1. The van der Waals surface area contributed by atoms with E-state index in [1.165, 1.54) is 96.6 Å². The lowest BCUT2D eigenvalue weighted by atomic mass is 10.1. The number of rotatable bonds is 17. The van der Waals surface area contributed by atoms with Gasteiger partial charge in [-0.3, -0.25) is 4.90 Å². The van der Waals surface area contributed by atoms with Gasteiger partial charge in [0.1, 0.15) is 6.17 Å². The zero-order valence-electron chi connectivity index (χ0n) is 18.1. The number of hydrogen-bond donors (Lipinski definition) is 0. The smallest absolute Gasteiger partial charge is 0.144 e. The molecular formula is C22H49N2+. The molecule has 0 saturated heterocycles.